The SMILES string of the molecule is CCCOc1ccc(C(F)(F)F)cc1CCCC(=O)C(C)C. The molecule has 1 aromatic carbocycles. The van der Waals surface area contributed by atoms with Crippen LogP contribution in [0.25, 0.3) is 0 Å². The molecule has 0 amide bonds. The summed E-state index contributed by atoms with van der Waals surface area (Å²) in [6.45, 7) is 6.04. The molecule has 0 aliphatic rings. The first-order valence-electron chi connectivity index (χ1n) is 7.61. The van der Waals surface area contributed by atoms with Crippen molar-refractivity contribution in [1.82, 2.24) is 0 Å². The zero-order chi connectivity index (χ0) is 16.8. The zero-order valence-corrected chi connectivity index (χ0v) is 13.3. The third-order valence-electron chi connectivity index (χ3n) is 3.36. The number of ether oxygens (including phenoxy) is 1. The van der Waals surface area contributed by atoms with E-state index in [-0.39, 0.29) is 11.7 Å². The van der Waals surface area contributed by atoms with Crippen molar-refractivity contribution in [2.45, 2.75) is 52.6 Å². The number of rotatable bonds is 8. The highest BCUT2D eigenvalue weighted by molar-refractivity contribution is 5.80. The Morgan fingerprint density at radius 3 is 2.50 bits per heavy atom. The van der Waals surface area contributed by atoms with Gasteiger partial charge in [0.1, 0.15) is 11.5 Å². The third kappa shape index (κ3) is 5.70. The van der Waals surface area contributed by atoms with Gasteiger partial charge in [-0.05, 0) is 43.0 Å². The molecule has 0 saturated carbocycles. The summed E-state index contributed by atoms with van der Waals surface area (Å²) in [6.07, 6.45) is -2.28. The van der Waals surface area contributed by atoms with Crippen molar-refractivity contribution in [1.29, 1.82) is 0 Å². The van der Waals surface area contributed by atoms with Crippen molar-refractivity contribution < 1.29 is 22.7 Å². The predicted octanol–water partition coefficient (Wildman–Crippen LogP) is 5.04. The van der Waals surface area contributed by atoms with Gasteiger partial charge in [-0.25, -0.2) is 0 Å². The van der Waals surface area contributed by atoms with Crippen molar-refractivity contribution in [3.8, 4) is 5.75 Å². The normalized spacial score (nSPS) is 11.8. The molecule has 2 nitrogen and oxygen atoms in total. The van der Waals surface area contributed by atoms with Crippen LogP contribution in [0.5, 0.6) is 5.75 Å². The molecule has 0 atom stereocenters. The predicted molar refractivity (Wildman–Crippen MR) is 80.0 cm³/mol. The van der Waals surface area contributed by atoms with Crippen LogP contribution in [-0.4, -0.2) is 12.4 Å². The van der Waals surface area contributed by atoms with Crippen LogP contribution >= 0.6 is 0 Å². The molecule has 1 aromatic rings. The highest BCUT2D eigenvalue weighted by Gasteiger charge is 2.31. The summed E-state index contributed by atoms with van der Waals surface area (Å²) in [6, 6.07) is 3.54. The number of halogens is 3. The Kier molecular flexibility index (Phi) is 6.91. The maximum Gasteiger partial charge on any atom is 0.416 e. The largest absolute Gasteiger partial charge is 0.493 e. The first-order chi connectivity index (χ1) is 10.3. The van der Waals surface area contributed by atoms with Gasteiger partial charge in [-0.1, -0.05) is 20.8 Å². The molecule has 0 bridgehead atoms. The quantitative estimate of drug-likeness (QED) is 0.671. The van der Waals surface area contributed by atoms with E-state index in [2.05, 4.69) is 0 Å². The second kappa shape index (κ2) is 8.20. The monoisotopic (exact) mass is 316 g/mol. The number of carbonyl (C=O) groups excluding carboxylic acids is 1. The van der Waals surface area contributed by atoms with Crippen LogP contribution < -0.4 is 4.74 Å². The fraction of sp³-hybridized carbons (Fsp3) is 0.588. The minimum absolute atomic E-state index is 0.0441. The number of hydrogen-bond donors (Lipinski definition) is 0. The summed E-state index contributed by atoms with van der Waals surface area (Å²) in [5.74, 6) is 0.562. The molecule has 0 N–H and O–H groups in total. The number of benzene rings is 1. The molecule has 0 radical (unpaired) electrons. The topological polar surface area (TPSA) is 26.3 Å². The van der Waals surface area contributed by atoms with E-state index in [1.807, 2.05) is 20.8 Å². The molecule has 22 heavy (non-hydrogen) atoms. The van der Waals surface area contributed by atoms with E-state index in [0.29, 0.717) is 37.2 Å². The van der Waals surface area contributed by atoms with Gasteiger partial charge in [0.15, 0.2) is 0 Å². The summed E-state index contributed by atoms with van der Waals surface area (Å²) >= 11 is 0. The molecule has 0 aliphatic heterocycles. The molecule has 0 aliphatic carbocycles. The number of alkyl halides is 3. The number of aryl methyl sites for hydroxylation is 1. The second-order valence-electron chi connectivity index (χ2n) is 5.64. The Morgan fingerprint density at radius 2 is 1.95 bits per heavy atom. The van der Waals surface area contributed by atoms with E-state index < -0.39 is 11.7 Å². The zero-order valence-electron chi connectivity index (χ0n) is 13.3. The van der Waals surface area contributed by atoms with Crippen molar-refractivity contribution in [2.75, 3.05) is 6.61 Å². The fourth-order valence-corrected chi connectivity index (χ4v) is 2.05. The Hall–Kier alpha value is -1.52. The van der Waals surface area contributed by atoms with Gasteiger partial charge in [0, 0.05) is 12.3 Å². The minimum Gasteiger partial charge on any atom is -0.493 e. The van der Waals surface area contributed by atoms with Crippen LogP contribution in [0.1, 0.15) is 51.2 Å². The molecule has 0 spiro atoms. The van der Waals surface area contributed by atoms with Crippen LogP contribution in [0.15, 0.2) is 18.2 Å². The molecule has 0 unspecified atom stereocenters. The smallest absolute Gasteiger partial charge is 0.416 e. The molecule has 0 aromatic heterocycles. The molecular weight excluding hydrogens is 293 g/mol. The second-order valence-corrected chi connectivity index (χ2v) is 5.64. The minimum atomic E-state index is -4.37. The van der Waals surface area contributed by atoms with Gasteiger partial charge in [-0.2, -0.15) is 13.2 Å². The van der Waals surface area contributed by atoms with E-state index >= 15 is 0 Å². The lowest BCUT2D eigenvalue weighted by molar-refractivity contribution is -0.137. The Bertz CT molecular complexity index is 493. The lowest BCUT2D eigenvalue weighted by Crippen LogP contribution is -2.09. The van der Waals surface area contributed by atoms with Gasteiger partial charge in [0.2, 0.25) is 0 Å². The number of carbonyl (C=O) groups is 1. The number of hydrogen-bond acceptors (Lipinski definition) is 2. The molecule has 0 fully saturated rings. The average molecular weight is 316 g/mol. The Morgan fingerprint density at radius 1 is 1.27 bits per heavy atom. The first-order valence-corrected chi connectivity index (χ1v) is 7.61. The maximum absolute atomic E-state index is 12.8. The number of Topliss-reactive ketones (excluding diaryl/α,β-unsaturated/α-hetero) is 1. The highest BCUT2D eigenvalue weighted by Crippen LogP contribution is 2.33. The lowest BCUT2D eigenvalue weighted by atomic mass is 9.99. The fourth-order valence-electron chi connectivity index (χ4n) is 2.05. The summed E-state index contributed by atoms with van der Waals surface area (Å²) in [5, 5.41) is 0. The molecular formula is C17H23F3O2. The summed E-state index contributed by atoms with van der Waals surface area (Å²) in [7, 11) is 0. The van der Waals surface area contributed by atoms with Crippen LogP contribution in [-0.2, 0) is 17.4 Å². The third-order valence-corrected chi connectivity index (χ3v) is 3.36. The van der Waals surface area contributed by atoms with Crippen LogP contribution in [0.2, 0.25) is 0 Å². The summed E-state index contributed by atoms with van der Waals surface area (Å²) in [5.41, 5.74) is -0.165. The van der Waals surface area contributed by atoms with Crippen molar-refractivity contribution >= 4 is 5.78 Å². The van der Waals surface area contributed by atoms with Crippen molar-refractivity contribution in [2.24, 2.45) is 5.92 Å². The van der Waals surface area contributed by atoms with Gasteiger partial charge >= 0.3 is 6.18 Å². The van der Waals surface area contributed by atoms with E-state index in [0.717, 1.165) is 18.6 Å². The summed E-state index contributed by atoms with van der Waals surface area (Å²) in [4.78, 5) is 11.6. The molecule has 1 rings (SSSR count). The average Bonchev–Trinajstić information content (AvgIpc) is 2.44. The number of ketones is 1. The van der Waals surface area contributed by atoms with Crippen LogP contribution in [0.4, 0.5) is 13.2 Å². The van der Waals surface area contributed by atoms with Crippen molar-refractivity contribution in [3.63, 3.8) is 0 Å². The van der Waals surface area contributed by atoms with Gasteiger partial charge < -0.3 is 4.74 Å². The van der Waals surface area contributed by atoms with Gasteiger partial charge in [-0.3, -0.25) is 4.79 Å². The summed E-state index contributed by atoms with van der Waals surface area (Å²) < 4.78 is 43.9. The van der Waals surface area contributed by atoms with E-state index in [1.165, 1.54) is 6.07 Å². The Balaban J connectivity index is 2.84. The first kappa shape index (κ1) is 18.5. The van der Waals surface area contributed by atoms with E-state index in [9.17, 15) is 18.0 Å². The van der Waals surface area contributed by atoms with E-state index in [1.54, 1.807) is 0 Å². The Labute approximate surface area is 129 Å². The standard InChI is InChI=1S/C17H23F3O2/c1-4-10-22-16-9-8-14(17(18,19)20)11-13(16)6-5-7-15(21)12(2)3/h8-9,11-12H,4-7,10H2,1-3H3. The molecule has 5 heteroatoms. The van der Waals surface area contributed by atoms with Crippen LogP contribution in [0, 0.1) is 5.92 Å². The lowest BCUT2D eigenvalue weighted by Gasteiger charge is -2.14. The maximum atomic E-state index is 12.8. The molecule has 0 heterocycles. The van der Waals surface area contributed by atoms with E-state index in [4.69, 9.17) is 4.74 Å². The molecule has 0 saturated heterocycles. The van der Waals surface area contributed by atoms with Gasteiger partial charge in [0.25, 0.3) is 0 Å². The highest BCUT2D eigenvalue weighted by atomic mass is 19.4. The van der Waals surface area contributed by atoms with Crippen molar-refractivity contribution in [3.05, 3.63) is 29.3 Å². The molecule has 124 valence electrons. The van der Waals surface area contributed by atoms with Gasteiger partial charge in [-0.15, -0.1) is 0 Å². The van der Waals surface area contributed by atoms with Crippen LogP contribution in [0.3, 0.4) is 0 Å². The van der Waals surface area contributed by atoms with Gasteiger partial charge in [0.05, 0.1) is 12.2 Å².